The minimum Gasteiger partial charge on any atom is -0.480 e. The Kier molecular flexibility index (Phi) is 5.61. The molecule has 1 aliphatic rings. The van der Waals surface area contributed by atoms with Crippen molar-refractivity contribution >= 4 is 39.4 Å². The number of aliphatic carboxylic acids is 1. The number of rotatable bonds is 3. The molecule has 1 aliphatic heterocycles. The van der Waals surface area contributed by atoms with Crippen LogP contribution in [-0.2, 0) is 4.79 Å². The van der Waals surface area contributed by atoms with Gasteiger partial charge in [0.15, 0.2) is 0 Å². The molecule has 0 aromatic heterocycles. The minimum atomic E-state index is -0.838. The number of carboxylic acids is 1. The van der Waals surface area contributed by atoms with Crippen molar-refractivity contribution in [3.8, 4) is 0 Å². The first-order valence-electron chi connectivity index (χ1n) is 6.66. The summed E-state index contributed by atoms with van der Waals surface area (Å²) in [5, 5.41) is 9.33. The Bertz CT molecular complexity index is 553. The van der Waals surface area contributed by atoms with Crippen LogP contribution in [0.25, 0.3) is 0 Å². The van der Waals surface area contributed by atoms with Crippen molar-refractivity contribution in [2.75, 3.05) is 32.7 Å². The van der Waals surface area contributed by atoms with Crippen molar-refractivity contribution in [2.24, 2.45) is 0 Å². The minimum absolute atomic E-state index is 0.0200. The van der Waals surface area contributed by atoms with E-state index in [1.54, 1.807) is 23.1 Å². The van der Waals surface area contributed by atoms with Crippen molar-refractivity contribution in [3.05, 3.63) is 33.3 Å². The summed E-state index contributed by atoms with van der Waals surface area (Å²) in [7, 11) is 0. The molecule has 0 spiro atoms. The van der Waals surface area contributed by atoms with Gasteiger partial charge in [-0.3, -0.25) is 14.5 Å². The molecule has 1 fully saturated rings. The Morgan fingerprint density at radius 1 is 1.24 bits per heavy atom. The highest BCUT2D eigenvalue weighted by Gasteiger charge is 2.21. The van der Waals surface area contributed by atoms with Crippen molar-refractivity contribution in [1.29, 1.82) is 0 Å². The van der Waals surface area contributed by atoms with Gasteiger partial charge in [-0.15, -0.1) is 0 Å². The maximum absolute atomic E-state index is 12.5. The van der Waals surface area contributed by atoms with E-state index < -0.39 is 5.97 Å². The number of hydrogen-bond acceptors (Lipinski definition) is 3. The summed E-state index contributed by atoms with van der Waals surface area (Å²) in [6, 6.07) is 5.14. The number of carboxylic acid groups (broad SMARTS) is 1. The number of halogens is 2. The van der Waals surface area contributed by atoms with E-state index >= 15 is 0 Å². The standard InChI is InChI=1S/C14H16BrClN2O3/c15-11-3-2-10(8-12(11)16)14(21)18-5-1-4-17(6-7-18)9-13(19)20/h2-3,8H,1,4-7,9H2,(H,19,20). The van der Waals surface area contributed by atoms with Gasteiger partial charge >= 0.3 is 5.97 Å². The molecule has 0 saturated carbocycles. The number of hydrogen-bond donors (Lipinski definition) is 1. The zero-order valence-corrected chi connectivity index (χ0v) is 13.7. The summed E-state index contributed by atoms with van der Waals surface area (Å²) >= 11 is 9.32. The van der Waals surface area contributed by atoms with Gasteiger partial charge in [0.2, 0.25) is 0 Å². The van der Waals surface area contributed by atoms with Crippen LogP contribution in [0.4, 0.5) is 0 Å². The average Bonchev–Trinajstić information content (AvgIpc) is 2.66. The molecule has 2 rings (SSSR count). The van der Waals surface area contributed by atoms with Crippen molar-refractivity contribution in [2.45, 2.75) is 6.42 Å². The van der Waals surface area contributed by atoms with E-state index in [0.29, 0.717) is 36.8 Å². The zero-order chi connectivity index (χ0) is 15.4. The number of benzene rings is 1. The summed E-state index contributed by atoms with van der Waals surface area (Å²) in [4.78, 5) is 26.8. The fraction of sp³-hybridized carbons (Fsp3) is 0.429. The molecule has 0 unspecified atom stereocenters. The molecular formula is C14H16BrClN2O3. The second kappa shape index (κ2) is 7.24. The number of carbonyl (C=O) groups excluding carboxylic acids is 1. The van der Waals surface area contributed by atoms with E-state index in [1.807, 2.05) is 4.90 Å². The molecule has 0 bridgehead atoms. The van der Waals surface area contributed by atoms with Gasteiger partial charge in [0.05, 0.1) is 11.6 Å². The van der Waals surface area contributed by atoms with E-state index in [0.717, 1.165) is 10.9 Å². The molecular weight excluding hydrogens is 360 g/mol. The van der Waals surface area contributed by atoms with Gasteiger partial charge in [0.1, 0.15) is 0 Å². The van der Waals surface area contributed by atoms with E-state index in [-0.39, 0.29) is 12.5 Å². The second-order valence-electron chi connectivity index (χ2n) is 4.94. The van der Waals surface area contributed by atoms with Gasteiger partial charge in [-0.1, -0.05) is 11.6 Å². The fourth-order valence-electron chi connectivity index (χ4n) is 2.34. The third kappa shape index (κ3) is 4.43. The lowest BCUT2D eigenvalue weighted by Crippen LogP contribution is -2.36. The lowest BCUT2D eigenvalue weighted by molar-refractivity contribution is -0.138. The van der Waals surface area contributed by atoms with Crippen LogP contribution in [0.5, 0.6) is 0 Å². The van der Waals surface area contributed by atoms with E-state index in [2.05, 4.69) is 15.9 Å². The molecule has 1 aromatic rings. The summed E-state index contributed by atoms with van der Waals surface area (Å²) in [5.41, 5.74) is 0.551. The average molecular weight is 376 g/mol. The van der Waals surface area contributed by atoms with Crippen LogP contribution in [0, 0.1) is 0 Å². The Labute approximate surface area is 136 Å². The predicted octanol–water partition coefficient (Wildman–Crippen LogP) is 2.33. The highest BCUT2D eigenvalue weighted by atomic mass is 79.9. The van der Waals surface area contributed by atoms with Crippen LogP contribution in [0.3, 0.4) is 0 Å². The first-order chi connectivity index (χ1) is 9.97. The molecule has 1 amide bonds. The maximum Gasteiger partial charge on any atom is 0.317 e. The van der Waals surface area contributed by atoms with Gasteiger partial charge in [-0.2, -0.15) is 0 Å². The monoisotopic (exact) mass is 374 g/mol. The van der Waals surface area contributed by atoms with Crippen LogP contribution >= 0.6 is 27.5 Å². The van der Waals surface area contributed by atoms with Gasteiger partial charge in [0.25, 0.3) is 5.91 Å². The molecule has 5 nitrogen and oxygen atoms in total. The molecule has 1 heterocycles. The van der Waals surface area contributed by atoms with Crippen LogP contribution in [0.1, 0.15) is 16.8 Å². The Balaban J connectivity index is 2.02. The maximum atomic E-state index is 12.5. The molecule has 7 heteroatoms. The van der Waals surface area contributed by atoms with Crippen LogP contribution in [-0.4, -0.2) is 59.5 Å². The summed E-state index contributed by atoms with van der Waals surface area (Å²) < 4.78 is 0.754. The fourth-order valence-corrected chi connectivity index (χ4v) is 2.76. The van der Waals surface area contributed by atoms with Gasteiger partial charge in [-0.25, -0.2) is 0 Å². The quantitative estimate of drug-likeness (QED) is 0.881. The van der Waals surface area contributed by atoms with Crippen LogP contribution in [0.2, 0.25) is 5.02 Å². The molecule has 1 aromatic carbocycles. The summed E-state index contributed by atoms with van der Waals surface area (Å²) in [5.74, 6) is -0.906. The largest absolute Gasteiger partial charge is 0.480 e. The number of amides is 1. The van der Waals surface area contributed by atoms with Crippen molar-refractivity contribution < 1.29 is 14.7 Å². The Hall–Kier alpha value is -1.11. The Morgan fingerprint density at radius 3 is 2.67 bits per heavy atom. The van der Waals surface area contributed by atoms with Crippen molar-refractivity contribution in [3.63, 3.8) is 0 Å². The molecule has 114 valence electrons. The predicted molar refractivity (Wildman–Crippen MR) is 83.7 cm³/mol. The van der Waals surface area contributed by atoms with E-state index in [9.17, 15) is 9.59 Å². The SMILES string of the molecule is O=C(O)CN1CCCN(C(=O)c2ccc(Br)c(Cl)c2)CC1. The van der Waals surface area contributed by atoms with Crippen molar-refractivity contribution in [1.82, 2.24) is 9.80 Å². The van der Waals surface area contributed by atoms with E-state index in [1.165, 1.54) is 0 Å². The lowest BCUT2D eigenvalue weighted by atomic mass is 10.2. The first kappa shape index (κ1) is 16.3. The normalized spacial score (nSPS) is 16.6. The van der Waals surface area contributed by atoms with Gasteiger partial charge in [-0.05, 0) is 40.5 Å². The van der Waals surface area contributed by atoms with Crippen LogP contribution < -0.4 is 0 Å². The third-order valence-electron chi connectivity index (χ3n) is 3.40. The highest BCUT2D eigenvalue weighted by Crippen LogP contribution is 2.24. The molecule has 0 aliphatic carbocycles. The number of nitrogens with zero attached hydrogens (tertiary/aromatic N) is 2. The molecule has 21 heavy (non-hydrogen) atoms. The summed E-state index contributed by atoms with van der Waals surface area (Å²) in [6.07, 6.45) is 0.767. The smallest absolute Gasteiger partial charge is 0.317 e. The topological polar surface area (TPSA) is 60.9 Å². The third-order valence-corrected chi connectivity index (χ3v) is 4.63. The molecule has 1 N–H and O–H groups in total. The summed E-state index contributed by atoms with van der Waals surface area (Å²) in [6.45, 7) is 2.44. The molecule has 0 atom stereocenters. The lowest BCUT2D eigenvalue weighted by Gasteiger charge is -2.21. The van der Waals surface area contributed by atoms with Gasteiger partial charge in [0, 0.05) is 36.2 Å². The molecule has 1 saturated heterocycles. The van der Waals surface area contributed by atoms with Gasteiger partial charge < -0.3 is 10.0 Å². The molecule has 0 radical (unpaired) electrons. The Morgan fingerprint density at radius 2 is 2.00 bits per heavy atom. The van der Waals surface area contributed by atoms with E-state index in [4.69, 9.17) is 16.7 Å². The van der Waals surface area contributed by atoms with Crippen LogP contribution in [0.15, 0.2) is 22.7 Å². The first-order valence-corrected chi connectivity index (χ1v) is 7.83. The second-order valence-corrected chi connectivity index (χ2v) is 6.21. The highest BCUT2D eigenvalue weighted by molar-refractivity contribution is 9.10. The number of carbonyl (C=O) groups is 2. The zero-order valence-electron chi connectivity index (χ0n) is 11.4.